The second-order valence-corrected chi connectivity index (χ2v) is 10.4. The number of sulfonamides is 1. The largest absolute Gasteiger partial charge is 0.387 e. The zero-order valence-corrected chi connectivity index (χ0v) is 18.3. The van der Waals surface area contributed by atoms with Gasteiger partial charge in [0.1, 0.15) is 4.90 Å². The van der Waals surface area contributed by atoms with Gasteiger partial charge < -0.3 is 5.11 Å². The zero-order valence-electron chi connectivity index (χ0n) is 15.2. The topological polar surface area (TPSA) is 143 Å². The smallest absolute Gasteiger partial charge is 0.244 e. The van der Waals surface area contributed by atoms with Crippen LogP contribution in [0.5, 0.6) is 0 Å². The highest BCUT2D eigenvalue weighted by Crippen LogP contribution is 2.39. The van der Waals surface area contributed by atoms with Crippen molar-refractivity contribution in [3.8, 4) is 6.07 Å². The van der Waals surface area contributed by atoms with Gasteiger partial charge in [0.05, 0.1) is 44.1 Å². The van der Waals surface area contributed by atoms with Crippen molar-refractivity contribution in [3.05, 3.63) is 62.6 Å². The summed E-state index contributed by atoms with van der Waals surface area (Å²) < 4.78 is 27.4. The first kappa shape index (κ1) is 22.7. The number of aromatic nitrogens is 1. The van der Waals surface area contributed by atoms with Crippen molar-refractivity contribution in [2.45, 2.75) is 20.8 Å². The van der Waals surface area contributed by atoms with Crippen LogP contribution in [0.2, 0.25) is 10.0 Å². The van der Waals surface area contributed by atoms with Gasteiger partial charge in [-0.2, -0.15) is 9.57 Å². The molecule has 0 radical (unpaired) electrons. The molecule has 1 fully saturated rings. The maximum atomic E-state index is 13.2. The van der Waals surface area contributed by atoms with Crippen LogP contribution in [0.4, 0.5) is 0 Å². The van der Waals surface area contributed by atoms with E-state index in [9.17, 15) is 13.5 Å². The molecule has 0 spiro atoms. The third-order valence-electron chi connectivity index (χ3n) is 4.47. The molecule has 9 nitrogen and oxygen atoms in total. The SMILES string of the molecule is N#Cc1ccc(S(=O)(=O)N2C[C@H](Sc3ccc(Cl)cn3)[C@](O)(CN=[N+]=[N-])C2)c(Cl)c1. The molecule has 2 heterocycles. The van der Waals surface area contributed by atoms with Crippen LogP contribution in [0.25, 0.3) is 10.4 Å². The van der Waals surface area contributed by atoms with Gasteiger partial charge in [0, 0.05) is 24.2 Å². The lowest BCUT2D eigenvalue weighted by Crippen LogP contribution is -2.43. The maximum Gasteiger partial charge on any atom is 0.244 e. The van der Waals surface area contributed by atoms with Crippen LogP contribution in [0, 0.1) is 11.3 Å². The normalized spacial score (nSPS) is 21.7. The molecule has 3 rings (SSSR count). The highest BCUT2D eigenvalue weighted by Gasteiger charge is 2.49. The molecule has 1 aromatic carbocycles. The fourth-order valence-corrected chi connectivity index (χ4v) is 6.38. The highest BCUT2D eigenvalue weighted by molar-refractivity contribution is 8.00. The monoisotopic (exact) mass is 484 g/mol. The molecule has 1 aromatic heterocycles. The summed E-state index contributed by atoms with van der Waals surface area (Å²) >= 11 is 13.1. The van der Waals surface area contributed by atoms with Gasteiger partial charge in [-0.1, -0.05) is 40.1 Å². The first-order valence-corrected chi connectivity index (χ1v) is 11.5. The summed E-state index contributed by atoms with van der Waals surface area (Å²) in [6.45, 7) is -0.678. The van der Waals surface area contributed by atoms with Crippen molar-refractivity contribution in [2.75, 3.05) is 19.6 Å². The molecule has 1 aliphatic rings. The van der Waals surface area contributed by atoms with Crippen molar-refractivity contribution >= 4 is 45.0 Å². The molecule has 0 amide bonds. The summed E-state index contributed by atoms with van der Waals surface area (Å²) in [6.07, 6.45) is 1.44. The van der Waals surface area contributed by atoms with Crippen molar-refractivity contribution in [1.29, 1.82) is 5.26 Å². The summed E-state index contributed by atoms with van der Waals surface area (Å²) in [5.74, 6) is 0. The van der Waals surface area contributed by atoms with E-state index in [-0.39, 0.29) is 35.1 Å². The Balaban J connectivity index is 1.93. The molecule has 1 aliphatic heterocycles. The van der Waals surface area contributed by atoms with Crippen molar-refractivity contribution in [3.63, 3.8) is 0 Å². The Morgan fingerprint density at radius 3 is 2.80 bits per heavy atom. The fraction of sp³-hybridized carbons (Fsp3) is 0.294. The molecule has 2 atom stereocenters. The molecule has 156 valence electrons. The number of azide groups is 1. The molecule has 2 aromatic rings. The number of aliphatic hydroxyl groups is 1. The van der Waals surface area contributed by atoms with Crippen LogP contribution in [0.15, 0.2) is 51.6 Å². The molecule has 30 heavy (non-hydrogen) atoms. The minimum absolute atomic E-state index is 0.0644. The molecule has 13 heteroatoms. The van der Waals surface area contributed by atoms with E-state index in [0.29, 0.717) is 10.0 Å². The van der Waals surface area contributed by atoms with Crippen LogP contribution in [0.1, 0.15) is 5.56 Å². The van der Waals surface area contributed by atoms with Gasteiger partial charge in [-0.15, -0.1) is 0 Å². The molecule has 0 aliphatic carbocycles. The highest BCUT2D eigenvalue weighted by atomic mass is 35.5. The second kappa shape index (κ2) is 8.99. The number of benzene rings is 1. The standard InChI is InChI=1S/C17H14Cl2N6O3S2/c18-12-2-4-16(22-7-12)29-15-8-25(10-17(15,26)9-23-24-21)30(27,28)14-3-1-11(6-20)5-13(14)19/h1-5,7,15,26H,8-10H2/t15-,17-/m0/s1. The summed E-state index contributed by atoms with van der Waals surface area (Å²) in [5.41, 5.74) is 7.28. The number of hydrogen-bond donors (Lipinski definition) is 1. The van der Waals surface area contributed by atoms with Gasteiger partial charge in [-0.3, -0.25) is 0 Å². The van der Waals surface area contributed by atoms with E-state index in [4.69, 9.17) is 34.0 Å². The Kier molecular flexibility index (Phi) is 6.79. The number of β-amino-alcohol motifs (C(OH)–C–C–N with tert-alkyl or cyclic N) is 1. The number of pyridine rings is 1. The quantitative estimate of drug-likeness (QED) is 0.377. The zero-order chi connectivity index (χ0) is 21.9. The Morgan fingerprint density at radius 1 is 1.43 bits per heavy atom. The first-order valence-electron chi connectivity index (χ1n) is 8.41. The van der Waals surface area contributed by atoms with Gasteiger partial charge in [-0.05, 0) is 35.9 Å². The van der Waals surface area contributed by atoms with E-state index in [0.717, 1.165) is 16.1 Å². The number of hydrogen-bond acceptors (Lipinski definition) is 7. The third-order valence-corrected chi connectivity index (χ3v) is 8.34. The Labute approximate surface area is 186 Å². The van der Waals surface area contributed by atoms with Gasteiger partial charge in [0.25, 0.3) is 0 Å². The van der Waals surface area contributed by atoms with Crippen LogP contribution >= 0.6 is 35.0 Å². The lowest BCUT2D eigenvalue weighted by atomic mass is 10.0. The van der Waals surface area contributed by atoms with E-state index in [1.165, 1.54) is 24.4 Å². The van der Waals surface area contributed by atoms with E-state index in [2.05, 4.69) is 15.0 Å². The van der Waals surface area contributed by atoms with E-state index >= 15 is 0 Å². The van der Waals surface area contributed by atoms with Crippen LogP contribution < -0.4 is 0 Å². The number of thioether (sulfide) groups is 1. The number of rotatable bonds is 6. The van der Waals surface area contributed by atoms with Gasteiger partial charge in [0.2, 0.25) is 10.0 Å². The summed E-state index contributed by atoms with van der Waals surface area (Å²) in [6, 6.07) is 9.04. The number of nitriles is 1. The van der Waals surface area contributed by atoms with E-state index in [1.54, 1.807) is 12.1 Å². The maximum absolute atomic E-state index is 13.2. The third kappa shape index (κ3) is 4.66. The molecule has 1 saturated heterocycles. The molecule has 0 bridgehead atoms. The minimum atomic E-state index is -4.08. The van der Waals surface area contributed by atoms with Crippen molar-refractivity contribution in [1.82, 2.24) is 9.29 Å². The summed E-state index contributed by atoms with van der Waals surface area (Å²) in [5, 5.41) is 23.7. The van der Waals surface area contributed by atoms with Gasteiger partial charge in [-0.25, -0.2) is 13.4 Å². The Hall–Kier alpha value is -2.03. The minimum Gasteiger partial charge on any atom is -0.387 e. The number of nitrogens with zero attached hydrogens (tertiary/aromatic N) is 6. The first-order chi connectivity index (χ1) is 14.2. The van der Waals surface area contributed by atoms with Crippen LogP contribution in [0.3, 0.4) is 0 Å². The molecule has 0 unspecified atom stereocenters. The second-order valence-electron chi connectivity index (χ2n) is 6.47. The van der Waals surface area contributed by atoms with Crippen LogP contribution in [-0.2, 0) is 10.0 Å². The Bertz CT molecular complexity index is 1150. The summed E-state index contributed by atoms with van der Waals surface area (Å²) in [4.78, 5) is 6.67. The fourth-order valence-electron chi connectivity index (χ4n) is 2.96. The van der Waals surface area contributed by atoms with Crippen molar-refractivity contribution < 1.29 is 13.5 Å². The molecule has 1 N–H and O–H groups in total. The van der Waals surface area contributed by atoms with Gasteiger partial charge in [0.15, 0.2) is 0 Å². The Morgan fingerprint density at radius 2 is 2.20 bits per heavy atom. The average molecular weight is 485 g/mol. The predicted molar refractivity (Wildman–Crippen MR) is 113 cm³/mol. The molecular formula is C17H14Cl2N6O3S2. The average Bonchev–Trinajstić information content (AvgIpc) is 3.05. The van der Waals surface area contributed by atoms with Gasteiger partial charge >= 0.3 is 0 Å². The predicted octanol–water partition coefficient (Wildman–Crippen LogP) is 3.47. The molecular weight excluding hydrogens is 471 g/mol. The van der Waals surface area contributed by atoms with Crippen LogP contribution in [-0.4, -0.2) is 53.3 Å². The summed E-state index contributed by atoms with van der Waals surface area (Å²) in [7, 11) is -4.08. The lowest BCUT2D eigenvalue weighted by molar-refractivity contribution is 0.0698. The van der Waals surface area contributed by atoms with E-state index in [1.807, 2.05) is 6.07 Å². The van der Waals surface area contributed by atoms with E-state index < -0.39 is 20.9 Å². The lowest BCUT2D eigenvalue weighted by Gasteiger charge is -2.26. The number of halogens is 2. The van der Waals surface area contributed by atoms with Crippen molar-refractivity contribution in [2.24, 2.45) is 5.11 Å². The molecule has 0 saturated carbocycles.